The number of nitrogens with one attached hydrogen (secondary N) is 1. The number of rotatable bonds is 8. The molecule has 6 heteroatoms. The predicted octanol–water partition coefficient (Wildman–Crippen LogP) is 3.95. The summed E-state index contributed by atoms with van der Waals surface area (Å²) in [6.45, 7) is 2.03. The van der Waals surface area contributed by atoms with Crippen molar-refractivity contribution in [2.75, 3.05) is 11.1 Å². The van der Waals surface area contributed by atoms with Gasteiger partial charge in [-0.15, -0.1) is 11.3 Å². The maximum atomic E-state index is 12.1. The molecule has 0 aliphatic carbocycles. The first-order chi connectivity index (χ1) is 11.0. The molecule has 0 saturated carbocycles. The summed E-state index contributed by atoms with van der Waals surface area (Å²) in [5.41, 5.74) is 1.85. The molecule has 0 radical (unpaired) electrons. The summed E-state index contributed by atoms with van der Waals surface area (Å²) in [5, 5.41) is 11.5. The Morgan fingerprint density at radius 2 is 2.09 bits per heavy atom. The fraction of sp³-hybridized carbons (Fsp3) is 0.294. The second-order valence-corrected chi connectivity index (χ2v) is 7.61. The highest BCUT2D eigenvalue weighted by molar-refractivity contribution is 7.98. The van der Waals surface area contributed by atoms with E-state index in [9.17, 15) is 9.59 Å². The Morgan fingerprint density at radius 3 is 2.78 bits per heavy atom. The van der Waals surface area contributed by atoms with Crippen LogP contribution in [0.4, 0.5) is 5.69 Å². The Balaban J connectivity index is 1.84. The van der Waals surface area contributed by atoms with Crippen LogP contribution in [0, 0.1) is 6.92 Å². The molecular weight excluding hydrogens is 330 g/mol. The molecule has 1 aromatic carbocycles. The zero-order valence-electron chi connectivity index (χ0n) is 12.9. The van der Waals surface area contributed by atoms with Gasteiger partial charge in [-0.1, -0.05) is 12.1 Å². The van der Waals surface area contributed by atoms with Crippen LogP contribution in [0.15, 0.2) is 36.4 Å². The van der Waals surface area contributed by atoms with E-state index in [1.165, 1.54) is 4.88 Å². The first-order valence-corrected chi connectivity index (χ1v) is 9.23. The van der Waals surface area contributed by atoms with Gasteiger partial charge in [0.05, 0.1) is 12.8 Å². The van der Waals surface area contributed by atoms with Crippen molar-refractivity contribution in [3.05, 3.63) is 51.7 Å². The van der Waals surface area contributed by atoms with Gasteiger partial charge in [0.15, 0.2) is 0 Å². The average molecular weight is 349 g/mol. The Bertz CT molecular complexity index is 682. The van der Waals surface area contributed by atoms with Crippen molar-refractivity contribution in [1.82, 2.24) is 0 Å². The summed E-state index contributed by atoms with van der Waals surface area (Å²) in [4.78, 5) is 24.8. The topological polar surface area (TPSA) is 66.4 Å². The van der Waals surface area contributed by atoms with Crippen molar-refractivity contribution in [3.63, 3.8) is 0 Å². The lowest BCUT2D eigenvalue weighted by molar-refractivity contribution is -0.136. The Labute approximate surface area is 143 Å². The lowest BCUT2D eigenvalue weighted by Crippen LogP contribution is -2.13. The Hall–Kier alpha value is -1.79. The van der Waals surface area contributed by atoms with Gasteiger partial charge in [0.25, 0.3) is 0 Å². The third-order valence-corrected chi connectivity index (χ3v) is 5.10. The fourth-order valence-corrected chi connectivity index (χ4v) is 3.80. The molecular formula is C17H19NO3S2. The van der Waals surface area contributed by atoms with E-state index < -0.39 is 5.97 Å². The summed E-state index contributed by atoms with van der Waals surface area (Å²) in [5.74, 6) is 0.523. The molecule has 0 unspecified atom stereocenters. The molecule has 0 saturated heterocycles. The number of hydrogen-bond donors (Lipinski definition) is 2. The van der Waals surface area contributed by atoms with Crippen molar-refractivity contribution in [1.29, 1.82) is 0 Å². The third kappa shape index (κ3) is 6.46. The van der Waals surface area contributed by atoms with Gasteiger partial charge in [-0.05, 0) is 36.8 Å². The number of thiophene rings is 1. The molecule has 1 heterocycles. The molecule has 2 rings (SSSR count). The summed E-state index contributed by atoms with van der Waals surface area (Å²) >= 11 is 3.21. The minimum Gasteiger partial charge on any atom is -0.481 e. The van der Waals surface area contributed by atoms with Crippen molar-refractivity contribution in [3.8, 4) is 0 Å². The maximum absolute atomic E-state index is 12.1. The number of anilines is 1. The van der Waals surface area contributed by atoms with Crippen LogP contribution in [0.1, 0.15) is 21.7 Å². The van der Waals surface area contributed by atoms with E-state index >= 15 is 0 Å². The highest BCUT2D eigenvalue weighted by Gasteiger charge is 2.06. The quantitative estimate of drug-likeness (QED) is 0.708. The van der Waals surface area contributed by atoms with E-state index in [1.807, 2.05) is 43.3 Å². The zero-order chi connectivity index (χ0) is 16.7. The molecule has 1 amide bonds. The van der Waals surface area contributed by atoms with Crippen molar-refractivity contribution in [2.45, 2.75) is 25.5 Å². The molecule has 122 valence electrons. The second-order valence-electron chi connectivity index (χ2n) is 5.13. The minimum absolute atomic E-state index is 0.0254. The van der Waals surface area contributed by atoms with Gasteiger partial charge in [-0.25, -0.2) is 0 Å². The molecule has 0 aliphatic rings. The van der Waals surface area contributed by atoms with Gasteiger partial charge in [0.2, 0.25) is 5.91 Å². The smallest absolute Gasteiger partial charge is 0.304 e. The van der Waals surface area contributed by atoms with Gasteiger partial charge in [-0.3, -0.25) is 9.59 Å². The van der Waals surface area contributed by atoms with Crippen LogP contribution in [-0.4, -0.2) is 22.7 Å². The number of thioether (sulfide) groups is 1. The summed E-state index contributed by atoms with van der Waals surface area (Å²) < 4.78 is 0. The molecule has 0 atom stereocenters. The first-order valence-electron chi connectivity index (χ1n) is 7.26. The van der Waals surface area contributed by atoms with E-state index in [0.29, 0.717) is 12.2 Å². The molecule has 1 aromatic heterocycles. The van der Waals surface area contributed by atoms with Gasteiger partial charge < -0.3 is 10.4 Å². The number of carbonyl (C=O) groups excluding carboxylic acids is 1. The lowest BCUT2D eigenvalue weighted by Gasteiger charge is -2.07. The number of hydrogen-bond acceptors (Lipinski definition) is 4. The molecule has 0 spiro atoms. The van der Waals surface area contributed by atoms with E-state index in [0.717, 1.165) is 21.9 Å². The van der Waals surface area contributed by atoms with Crippen LogP contribution >= 0.6 is 23.1 Å². The number of amides is 1. The number of aryl methyl sites for hydroxylation is 1. The normalized spacial score (nSPS) is 10.5. The van der Waals surface area contributed by atoms with Gasteiger partial charge in [0.1, 0.15) is 0 Å². The number of benzene rings is 1. The van der Waals surface area contributed by atoms with Crippen LogP contribution in [0.25, 0.3) is 0 Å². The first kappa shape index (κ1) is 17.6. The minimum atomic E-state index is -0.776. The second kappa shape index (κ2) is 8.74. The summed E-state index contributed by atoms with van der Waals surface area (Å²) in [7, 11) is 0. The molecule has 23 heavy (non-hydrogen) atoms. The number of aliphatic carboxylic acids is 1. The number of carboxylic acids is 1. The van der Waals surface area contributed by atoms with Crippen LogP contribution in [0.5, 0.6) is 0 Å². The molecule has 0 aliphatic heterocycles. The van der Waals surface area contributed by atoms with E-state index in [2.05, 4.69) is 5.32 Å². The molecule has 0 fully saturated rings. The van der Waals surface area contributed by atoms with Crippen molar-refractivity contribution < 1.29 is 14.7 Å². The maximum Gasteiger partial charge on any atom is 0.304 e. The lowest BCUT2D eigenvalue weighted by atomic mass is 10.2. The zero-order valence-corrected chi connectivity index (χ0v) is 14.5. The Morgan fingerprint density at radius 1 is 1.26 bits per heavy atom. The van der Waals surface area contributed by atoms with E-state index in [1.54, 1.807) is 23.1 Å². The Kier molecular flexibility index (Phi) is 6.67. The largest absolute Gasteiger partial charge is 0.481 e. The molecule has 2 N–H and O–H groups in total. The van der Waals surface area contributed by atoms with Crippen LogP contribution < -0.4 is 5.32 Å². The standard InChI is InChI=1S/C17H19NO3S2/c1-12-5-6-15(23-12)10-16(19)18-14-4-2-3-13(9-14)11-22-8-7-17(20)21/h2-6,9H,7-8,10-11H2,1H3,(H,18,19)(H,20,21). The fourth-order valence-electron chi connectivity index (χ4n) is 2.03. The predicted molar refractivity (Wildman–Crippen MR) is 96.2 cm³/mol. The molecule has 0 bridgehead atoms. The van der Waals surface area contributed by atoms with Crippen molar-refractivity contribution in [2.24, 2.45) is 0 Å². The SMILES string of the molecule is Cc1ccc(CC(=O)Nc2cccc(CSCCC(=O)O)c2)s1. The molecule has 4 nitrogen and oxygen atoms in total. The van der Waals surface area contributed by atoms with Crippen LogP contribution in [0.2, 0.25) is 0 Å². The third-order valence-electron chi connectivity index (χ3n) is 3.07. The van der Waals surface area contributed by atoms with Gasteiger partial charge >= 0.3 is 5.97 Å². The number of carbonyl (C=O) groups is 2. The van der Waals surface area contributed by atoms with E-state index in [-0.39, 0.29) is 12.3 Å². The van der Waals surface area contributed by atoms with Crippen LogP contribution in [-0.2, 0) is 21.8 Å². The average Bonchev–Trinajstić information content (AvgIpc) is 2.89. The van der Waals surface area contributed by atoms with E-state index in [4.69, 9.17) is 5.11 Å². The summed E-state index contributed by atoms with van der Waals surface area (Å²) in [6, 6.07) is 11.7. The van der Waals surface area contributed by atoms with Crippen LogP contribution in [0.3, 0.4) is 0 Å². The molecule has 2 aromatic rings. The van der Waals surface area contributed by atoms with Gasteiger partial charge in [0, 0.05) is 26.9 Å². The summed E-state index contributed by atoms with van der Waals surface area (Å²) in [6.07, 6.45) is 0.553. The van der Waals surface area contributed by atoms with Crippen molar-refractivity contribution >= 4 is 40.7 Å². The highest BCUT2D eigenvalue weighted by atomic mass is 32.2. The monoisotopic (exact) mass is 349 g/mol. The number of carboxylic acid groups (broad SMARTS) is 1. The van der Waals surface area contributed by atoms with Gasteiger partial charge in [-0.2, -0.15) is 11.8 Å². The highest BCUT2D eigenvalue weighted by Crippen LogP contribution is 2.19.